The fourth-order valence-corrected chi connectivity index (χ4v) is 9.10. The number of rotatable bonds is 24. The third kappa shape index (κ3) is 12.8. The van der Waals surface area contributed by atoms with Crippen LogP contribution in [-0.4, -0.2) is 47.1 Å². The van der Waals surface area contributed by atoms with Gasteiger partial charge in [-0.05, 0) is 121 Å². The second-order valence-electron chi connectivity index (χ2n) is 18.2. The maximum absolute atomic E-state index is 12.3. The molecule has 2 aliphatic rings. The van der Waals surface area contributed by atoms with Crippen LogP contribution in [0.15, 0.2) is 103 Å². The van der Waals surface area contributed by atoms with Crippen molar-refractivity contribution in [1.82, 2.24) is 20.6 Å². The fraction of sp³-hybridized carbons (Fsp3) is 0.327. The normalized spacial score (nSPS) is 14.3. The molecular weight excluding hydrogens is 926 g/mol. The Balaban J connectivity index is 0.984. The maximum Gasteiger partial charge on any atom is 0.234 e. The summed E-state index contributed by atoms with van der Waals surface area (Å²) in [4.78, 5) is 37.3. The molecule has 8 rings (SSSR count). The third-order valence-electron chi connectivity index (χ3n) is 12.8. The topological polar surface area (TPSA) is 185 Å². The number of ether oxygens (including phenoxy) is 4. The maximum atomic E-state index is 12.3. The number of nitrogens with two attached hydrogens (primary N) is 2. The summed E-state index contributed by atoms with van der Waals surface area (Å²) in [6.45, 7) is 7.83. The molecule has 4 aromatic carbocycles. The largest absolute Gasteiger partial charge is 0.488 e. The Morgan fingerprint density at radius 3 is 1.53 bits per heavy atom. The second-order valence-corrected chi connectivity index (χ2v) is 19.0. The summed E-state index contributed by atoms with van der Waals surface area (Å²) in [5.74, 6) is 1.77. The number of amides is 2. The van der Waals surface area contributed by atoms with Crippen molar-refractivity contribution in [1.29, 1.82) is 0 Å². The highest BCUT2D eigenvalue weighted by molar-refractivity contribution is 6.32. The van der Waals surface area contributed by atoms with Crippen LogP contribution < -0.4 is 41.0 Å². The van der Waals surface area contributed by atoms with E-state index in [1.807, 2.05) is 61.5 Å². The van der Waals surface area contributed by atoms with Gasteiger partial charge >= 0.3 is 0 Å². The lowest BCUT2D eigenvalue weighted by atomic mass is 9.92. The molecule has 6 aromatic rings. The molecule has 2 heterocycles. The Labute approximate surface area is 419 Å². The lowest BCUT2D eigenvalue weighted by molar-refractivity contribution is -0.121. The van der Waals surface area contributed by atoms with E-state index in [2.05, 4.69) is 51.6 Å². The number of hydrogen-bond donors (Lipinski definition) is 4. The Morgan fingerprint density at radius 2 is 1.09 bits per heavy atom. The number of aryl methyl sites for hydroxylation is 1. The van der Waals surface area contributed by atoms with Crippen LogP contribution >= 0.6 is 23.2 Å². The van der Waals surface area contributed by atoms with Gasteiger partial charge in [-0.1, -0.05) is 59.6 Å². The highest BCUT2D eigenvalue weighted by Crippen LogP contribution is 2.39. The first-order valence-electron chi connectivity index (χ1n) is 23.5. The zero-order chi connectivity index (χ0) is 49.3. The van der Waals surface area contributed by atoms with Crippen LogP contribution in [0, 0.1) is 32.6 Å². The molecule has 0 aliphatic heterocycles. The third-order valence-corrected chi connectivity index (χ3v) is 13.4. The molecule has 2 amide bonds. The molecule has 70 heavy (non-hydrogen) atoms. The molecule has 2 aliphatic carbocycles. The van der Waals surface area contributed by atoms with Crippen LogP contribution in [0.2, 0.25) is 10.0 Å². The Kier molecular flexibility index (Phi) is 16.4. The van der Waals surface area contributed by atoms with Crippen molar-refractivity contribution >= 4 is 41.2 Å². The van der Waals surface area contributed by atoms with Gasteiger partial charge in [-0.15, -0.1) is 0 Å². The highest BCUT2D eigenvalue weighted by Gasteiger charge is 2.36. The zero-order valence-electron chi connectivity index (χ0n) is 39.9. The predicted molar refractivity (Wildman–Crippen MR) is 273 cm³/mol. The SMILES string of the molecule is C/N=C/c1cncc(COc2cc(OCc3cccc(-c4cccc(COc5cc(OCc6cncc(C)c6)c(CN[C@H](C(N)=O)C6CC6)cc5Cl)c4C)c3C)c(Cl)cc2CN[C@H](C(N)=O)C2CC2)c1. The molecule has 0 radical (unpaired) electrons. The molecular formula is C55H59Cl2N7O6. The van der Waals surface area contributed by atoms with Crippen molar-refractivity contribution in [2.45, 2.75) is 98.1 Å². The molecule has 0 bridgehead atoms. The standard InChI is InChI=1S/C55H59Cl2N7O6/c1-32-15-36(24-61-21-32)28-67-48-19-50(46(56)17-42(48)26-63-52(54(58)65)38-11-12-38)69-30-40-7-5-9-44(33(40)2)45-10-6-8-41(34(45)3)31-70-51-20-49(68-29-37-16-35(22-60-4)23-62-25-37)43(18-47(51)57)27-64-53(55(59)66)39-13-14-39/h5-10,15-25,38-39,52-53,63-64H,11-14,26-31H2,1-4H3,(H2,58,65)(H2,59,66)/b60-22+/t52-,53-/m0/s1. The van der Waals surface area contributed by atoms with E-state index in [1.165, 1.54) is 0 Å². The monoisotopic (exact) mass is 983 g/mol. The Morgan fingerprint density at radius 1 is 0.629 bits per heavy atom. The number of pyridine rings is 2. The second kappa shape index (κ2) is 22.9. The number of benzene rings is 4. The summed E-state index contributed by atoms with van der Waals surface area (Å²) in [6.07, 6.45) is 12.6. The smallest absolute Gasteiger partial charge is 0.234 e. The van der Waals surface area contributed by atoms with Gasteiger partial charge in [0.2, 0.25) is 11.8 Å². The molecule has 6 N–H and O–H groups in total. The number of carbonyl (C=O) groups is 2. The van der Waals surface area contributed by atoms with Gasteiger partial charge in [0.05, 0.1) is 22.1 Å². The molecule has 15 heteroatoms. The number of nitrogens with one attached hydrogen (secondary N) is 2. The molecule has 13 nitrogen and oxygen atoms in total. The predicted octanol–water partition coefficient (Wildman–Crippen LogP) is 9.45. The van der Waals surface area contributed by atoms with Crippen LogP contribution in [0.1, 0.15) is 81.3 Å². The number of halogens is 2. The first kappa shape index (κ1) is 49.9. The molecule has 0 unspecified atom stereocenters. The van der Waals surface area contributed by atoms with Crippen molar-refractivity contribution in [3.63, 3.8) is 0 Å². The van der Waals surface area contributed by atoms with Crippen LogP contribution in [-0.2, 0) is 49.1 Å². The van der Waals surface area contributed by atoms with E-state index in [-0.39, 0.29) is 50.1 Å². The average Bonchev–Trinajstić information content (AvgIpc) is 4.29. The lowest BCUT2D eigenvalue weighted by Crippen LogP contribution is -2.42. The van der Waals surface area contributed by atoms with Gasteiger partial charge in [-0.3, -0.25) is 24.5 Å². The van der Waals surface area contributed by atoms with E-state index in [9.17, 15) is 9.59 Å². The highest BCUT2D eigenvalue weighted by atomic mass is 35.5. The number of hydrogen-bond acceptors (Lipinski definition) is 11. The number of aliphatic imine (C=N–C) groups is 1. The summed E-state index contributed by atoms with van der Waals surface area (Å²) in [6, 6.07) is 22.7. The number of aromatic nitrogens is 2. The van der Waals surface area contributed by atoms with Crippen LogP contribution in [0.5, 0.6) is 23.0 Å². The van der Waals surface area contributed by atoms with E-state index >= 15 is 0 Å². The van der Waals surface area contributed by atoms with E-state index in [0.717, 1.165) is 92.4 Å². The van der Waals surface area contributed by atoms with Gasteiger partial charge < -0.3 is 41.0 Å². The van der Waals surface area contributed by atoms with E-state index < -0.39 is 12.1 Å². The number of primary amides is 2. The van der Waals surface area contributed by atoms with Crippen molar-refractivity contribution in [3.8, 4) is 34.1 Å². The molecule has 2 fully saturated rings. The summed E-state index contributed by atoms with van der Waals surface area (Å²) in [5, 5.41) is 7.49. The van der Waals surface area contributed by atoms with Gasteiger partial charge in [0, 0.05) is 91.1 Å². The van der Waals surface area contributed by atoms with E-state index in [1.54, 1.807) is 44.1 Å². The van der Waals surface area contributed by atoms with Crippen LogP contribution in [0.3, 0.4) is 0 Å². The molecule has 2 saturated carbocycles. The van der Waals surface area contributed by atoms with Crippen molar-refractivity contribution < 1.29 is 28.5 Å². The van der Waals surface area contributed by atoms with E-state index in [0.29, 0.717) is 46.1 Å². The van der Waals surface area contributed by atoms with Crippen molar-refractivity contribution in [2.24, 2.45) is 28.3 Å². The minimum absolute atomic E-state index is 0.225. The Hall–Kier alpha value is -6.51. The molecule has 364 valence electrons. The van der Waals surface area contributed by atoms with Gasteiger partial charge in [0.25, 0.3) is 0 Å². The minimum atomic E-state index is -0.439. The fourth-order valence-electron chi connectivity index (χ4n) is 8.62. The van der Waals surface area contributed by atoms with Crippen LogP contribution in [0.25, 0.3) is 11.1 Å². The summed E-state index contributed by atoms with van der Waals surface area (Å²) < 4.78 is 25.7. The lowest BCUT2D eigenvalue weighted by Gasteiger charge is -2.20. The first-order valence-corrected chi connectivity index (χ1v) is 24.3. The Bertz CT molecular complexity index is 2890. The van der Waals surface area contributed by atoms with Gasteiger partial charge in [0.1, 0.15) is 49.4 Å². The average molecular weight is 985 g/mol. The quantitative estimate of drug-likeness (QED) is 0.0426. The first-order chi connectivity index (χ1) is 33.8. The summed E-state index contributed by atoms with van der Waals surface area (Å²) in [5.41, 5.74) is 22.9. The summed E-state index contributed by atoms with van der Waals surface area (Å²) in [7, 11) is 1.71. The van der Waals surface area contributed by atoms with Crippen molar-refractivity contribution in [3.05, 3.63) is 163 Å². The molecule has 2 atom stereocenters. The molecule has 2 aromatic heterocycles. The number of carbonyl (C=O) groups excluding carboxylic acids is 2. The zero-order valence-corrected chi connectivity index (χ0v) is 41.4. The van der Waals surface area contributed by atoms with Gasteiger partial charge in [-0.25, -0.2) is 0 Å². The molecule has 0 spiro atoms. The van der Waals surface area contributed by atoms with Gasteiger partial charge in [-0.2, -0.15) is 0 Å². The van der Waals surface area contributed by atoms with E-state index in [4.69, 9.17) is 53.6 Å². The molecule has 0 saturated heterocycles. The minimum Gasteiger partial charge on any atom is -0.488 e. The van der Waals surface area contributed by atoms with Gasteiger partial charge in [0.15, 0.2) is 0 Å². The summed E-state index contributed by atoms with van der Waals surface area (Å²) >= 11 is 13.8. The van der Waals surface area contributed by atoms with Crippen LogP contribution in [0.4, 0.5) is 0 Å². The number of nitrogens with zero attached hydrogens (tertiary/aromatic N) is 3. The van der Waals surface area contributed by atoms with Crippen molar-refractivity contribution in [2.75, 3.05) is 7.05 Å².